The van der Waals surface area contributed by atoms with E-state index in [1.807, 2.05) is 12.1 Å². The van der Waals surface area contributed by atoms with Crippen LogP contribution in [-0.2, 0) is 4.74 Å². The van der Waals surface area contributed by atoms with Crippen LogP contribution in [-0.4, -0.2) is 19.0 Å². The molecule has 0 saturated heterocycles. The number of carbonyl (C=O) groups is 1. The molecule has 0 N–H and O–H groups in total. The molecule has 0 aliphatic heterocycles. The zero-order valence-corrected chi connectivity index (χ0v) is 10.0. The fraction of sp³-hybridized carbons (Fsp3) is 0.300. The number of rotatable bonds is 3. The molecule has 1 unspecified atom stereocenters. The summed E-state index contributed by atoms with van der Waals surface area (Å²) in [6.45, 7) is 0. The number of carbonyl (C=O) groups excluding carboxylic acids is 1. The zero-order valence-electron chi connectivity index (χ0n) is 7.67. The maximum Gasteiger partial charge on any atom is 0.337 e. The van der Waals surface area contributed by atoms with Crippen LogP contribution >= 0.6 is 27.5 Å². The van der Waals surface area contributed by atoms with Gasteiger partial charge in [-0.05, 0) is 17.7 Å². The fourth-order valence-corrected chi connectivity index (χ4v) is 1.52. The highest BCUT2D eigenvalue weighted by Gasteiger charge is 2.08. The van der Waals surface area contributed by atoms with Gasteiger partial charge >= 0.3 is 5.97 Å². The minimum atomic E-state index is -0.325. The van der Waals surface area contributed by atoms with Gasteiger partial charge in [0.2, 0.25) is 0 Å². The Labute approximate surface area is 96.3 Å². The number of alkyl halides is 2. The van der Waals surface area contributed by atoms with Crippen LogP contribution in [0.4, 0.5) is 0 Å². The minimum Gasteiger partial charge on any atom is -0.465 e. The molecule has 0 spiro atoms. The Kier molecular flexibility index (Phi) is 4.42. The summed E-state index contributed by atoms with van der Waals surface area (Å²) in [5.41, 5.74) is 1.60. The van der Waals surface area contributed by atoms with Gasteiger partial charge in [-0.2, -0.15) is 0 Å². The van der Waals surface area contributed by atoms with E-state index >= 15 is 0 Å². The lowest BCUT2D eigenvalue weighted by atomic mass is 10.1. The Bertz CT molecular complexity index is 310. The molecular formula is C10H10BrClO2. The average molecular weight is 278 g/mol. The van der Waals surface area contributed by atoms with Gasteiger partial charge < -0.3 is 4.74 Å². The molecule has 1 rings (SSSR count). The molecule has 0 heterocycles. The first-order valence-corrected chi connectivity index (χ1v) is 5.52. The predicted molar refractivity (Wildman–Crippen MR) is 60.2 cm³/mol. The van der Waals surface area contributed by atoms with Crippen LogP contribution in [0, 0.1) is 0 Å². The lowest BCUT2D eigenvalue weighted by Gasteiger charge is -2.06. The van der Waals surface area contributed by atoms with Crippen molar-refractivity contribution in [3.63, 3.8) is 0 Å². The third-order valence-corrected chi connectivity index (χ3v) is 3.36. The molecule has 2 nitrogen and oxygen atoms in total. The molecule has 1 atom stereocenters. The van der Waals surface area contributed by atoms with Gasteiger partial charge in [-0.25, -0.2) is 4.79 Å². The summed E-state index contributed by atoms with van der Waals surface area (Å²) in [5, 5.41) is 0. The number of esters is 1. The van der Waals surface area contributed by atoms with Gasteiger partial charge in [-0.1, -0.05) is 28.1 Å². The molecule has 0 fully saturated rings. The lowest BCUT2D eigenvalue weighted by Crippen LogP contribution is -2.01. The second-order valence-electron chi connectivity index (χ2n) is 2.74. The van der Waals surface area contributed by atoms with Crippen LogP contribution in [0.3, 0.4) is 0 Å². The monoisotopic (exact) mass is 276 g/mol. The number of hydrogen-bond acceptors (Lipinski definition) is 2. The highest BCUT2D eigenvalue weighted by Crippen LogP contribution is 2.24. The summed E-state index contributed by atoms with van der Waals surface area (Å²) in [5.74, 6) is 0.172. The van der Waals surface area contributed by atoms with Crippen LogP contribution in [0.15, 0.2) is 24.3 Å². The van der Waals surface area contributed by atoms with Gasteiger partial charge in [0.25, 0.3) is 0 Å². The number of methoxy groups -OCH3 is 1. The van der Waals surface area contributed by atoms with E-state index in [1.165, 1.54) is 7.11 Å². The topological polar surface area (TPSA) is 26.3 Å². The van der Waals surface area contributed by atoms with E-state index in [1.54, 1.807) is 12.1 Å². The largest absolute Gasteiger partial charge is 0.465 e. The van der Waals surface area contributed by atoms with E-state index in [9.17, 15) is 4.79 Å². The Balaban J connectivity index is 2.83. The Hall–Kier alpha value is -0.540. The quantitative estimate of drug-likeness (QED) is 0.627. The van der Waals surface area contributed by atoms with Crippen LogP contribution in [0.5, 0.6) is 0 Å². The van der Waals surface area contributed by atoms with E-state index in [2.05, 4.69) is 20.7 Å². The second kappa shape index (κ2) is 5.37. The van der Waals surface area contributed by atoms with Crippen LogP contribution in [0.2, 0.25) is 0 Å². The molecule has 0 aliphatic carbocycles. The van der Waals surface area contributed by atoms with E-state index in [0.717, 1.165) is 5.56 Å². The molecule has 0 amide bonds. The number of hydrogen-bond donors (Lipinski definition) is 0. The normalized spacial score (nSPS) is 12.2. The standard InChI is InChI=1S/C10H10BrClO2/c1-14-10(13)8-4-2-7(3-5-8)9(11)6-12/h2-5,9H,6H2,1H3. The van der Waals surface area contributed by atoms with Crippen molar-refractivity contribution in [3.05, 3.63) is 35.4 Å². The summed E-state index contributed by atoms with van der Waals surface area (Å²) < 4.78 is 4.59. The minimum absolute atomic E-state index is 0.121. The molecule has 0 aliphatic rings. The number of halogens is 2. The predicted octanol–water partition coefficient (Wildman–Crippen LogP) is 3.15. The Morgan fingerprint density at radius 2 is 2.07 bits per heavy atom. The summed E-state index contributed by atoms with van der Waals surface area (Å²) >= 11 is 9.09. The van der Waals surface area contributed by atoms with E-state index in [4.69, 9.17) is 11.6 Å². The van der Waals surface area contributed by atoms with Crippen molar-refractivity contribution in [2.75, 3.05) is 13.0 Å². The third-order valence-electron chi connectivity index (χ3n) is 1.83. The fourth-order valence-electron chi connectivity index (χ4n) is 1.03. The molecule has 1 aromatic rings. The molecule has 0 bridgehead atoms. The van der Waals surface area contributed by atoms with Gasteiger partial charge in [0.1, 0.15) is 0 Å². The van der Waals surface area contributed by atoms with Gasteiger partial charge in [0, 0.05) is 5.88 Å². The molecule has 0 radical (unpaired) electrons. The molecule has 1 aromatic carbocycles. The smallest absolute Gasteiger partial charge is 0.337 e. The van der Waals surface area contributed by atoms with E-state index < -0.39 is 0 Å². The van der Waals surface area contributed by atoms with Crippen molar-refractivity contribution in [2.24, 2.45) is 0 Å². The Morgan fingerprint density at radius 1 is 1.50 bits per heavy atom. The summed E-state index contributed by atoms with van der Waals surface area (Å²) in [6.07, 6.45) is 0. The zero-order chi connectivity index (χ0) is 10.6. The average Bonchev–Trinajstić information content (AvgIpc) is 2.27. The Morgan fingerprint density at radius 3 is 2.50 bits per heavy atom. The summed E-state index contributed by atoms with van der Waals surface area (Å²) in [4.78, 5) is 11.2. The first-order chi connectivity index (χ1) is 6.69. The van der Waals surface area contributed by atoms with Gasteiger partial charge in [0.15, 0.2) is 0 Å². The molecule has 14 heavy (non-hydrogen) atoms. The van der Waals surface area contributed by atoms with Crippen molar-refractivity contribution in [1.29, 1.82) is 0 Å². The molecule has 0 aromatic heterocycles. The van der Waals surface area contributed by atoms with E-state index in [-0.39, 0.29) is 10.8 Å². The van der Waals surface area contributed by atoms with Gasteiger partial charge in [-0.3, -0.25) is 0 Å². The third kappa shape index (κ3) is 2.72. The van der Waals surface area contributed by atoms with Crippen LogP contribution < -0.4 is 0 Å². The van der Waals surface area contributed by atoms with Crippen molar-refractivity contribution in [3.8, 4) is 0 Å². The second-order valence-corrected chi connectivity index (χ2v) is 4.15. The number of benzene rings is 1. The van der Waals surface area contributed by atoms with Crippen molar-refractivity contribution < 1.29 is 9.53 Å². The van der Waals surface area contributed by atoms with Crippen LogP contribution in [0.1, 0.15) is 20.7 Å². The summed E-state index contributed by atoms with van der Waals surface area (Å²) in [6, 6.07) is 7.16. The van der Waals surface area contributed by atoms with Crippen LogP contribution in [0.25, 0.3) is 0 Å². The first-order valence-electron chi connectivity index (χ1n) is 4.07. The molecular weight excluding hydrogens is 267 g/mol. The SMILES string of the molecule is COC(=O)c1ccc(C(Br)CCl)cc1. The highest BCUT2D eigenvalue weighted by molar-refractivity contribution is 9.09. The maximum absolute atomic E-state index is 11.1. The lowest BCUT2D eigenvalue weighted by molar-refractivity contribution is 0.0600. The molecule has 4 heteroatoms. The number of ether oxygens (including phenoxy) is 1. The van der Waals surface area contributed by atoms with Crippen molar-refractivity contribution >= 4 is 33.5 Å². The molecule has 76 valence electrons. The van der Waals surface area contributed by atoms with E-state index in [0.29, 0.717) is 11.4 Å². The van der Waals surface area contributed by atoms with Gasteiger partial charge in [0.05, 0.1) is 17.5 Å². The highest BCUT2D eigenvalue weighted by atomic mass is 79.9. The summed E-state index contributed by atoms with van der Waals surface area (Å²) in [7, 11) is 1.36. The van der Waals surface area contributed by atoms with Gasteiger partial charge in [-0.15, -0.1) is 11.6 Å². The van der Waals surface area contributed by atoms with Crippen molar-refractivity contribution in [1.82, 2.24) is 0 Å². The maximum atomic E-state index is 11.1. The van der Waals surface area contributed by atoms with Crippen molar-refractivity contribution in [2.45, 2.75) is 4.83 Å². The first kappa shape index (κ1) is 11.5. The molecule has 0 saturated carbocycles.